The van der Waals surface area contributed by atoms with E-state index in [9.17, 15) is 0 Å². The number of aryl methyl sites for hydroxylation is 2. The second-order valence-corrected chi connectivity index (χ2v) is 4.47. The third kappa shape index (κ3) is 2.59. The molecule has 2 nitrogen and oxygen atoms in total. The van der Waals surface area contributed by atoms with E-state index >= 15 is 0 Å². The summed E-state index contributed by atoms with van der Waals surface area (Å²) in [5.41, 5.74) is 5.34. The van der Waals surface area contributed by atoms with Crippen LogP contribution in [-0.4, -0.2) is 7.05 Å². The highest BCUT2D eigenvalue weighted by atomic mass is 16.3. The molecular formula is C15H19NO. The van der Waals surface area contributed by atoms with Crippen molar-refractivity contribution in [1.29, 1.82) is 0 Å². The quantitative estimate of drug-likeness (QED) is 0.869. The molecule has 1 N–H and O–H groups in total. The van der Waals surface area contributed by atoms with E-state index in [1.165, 1.54) is 22.3 Å². The average Bonchev–Trinajstić information content (AvgIpc) is 2.82. The summed E-state index contributed by atoms with van der Waals surface area (Å²) in [6.45, 7) is 4.34. The molecule has 0 bridgehead atoms. The zero-order valence-electron chi connectivity index (χ0n) is 10.7. The summed E-state index contributed by atoms with van der Waals surface area (Å²) in [5.74, 6) is 0. The van der Waals surface area contributed by atoms with E-state index in [1.807, 2.05) is 19.4 Å². The van der Waals surface area contributed by atoms with Crippen LogP contribution in [0.3, 0.4) is 0 Å². The van der Waals surface area contributed by atoms with Crippen molar-refractivity contribution in [1.82, 2.24) is 5.32 Å². The van der Waals surface area contributed by atoms with Gasteiger partial charge in [-0.3, -0.25) is 0 Å². The Morgan fingerprint density at radius 3 is 2.41 bits per heavy atom. The molecule has 0 saturated carbocycles. The minimum atomic E-state index is 0.313. The zero-order chi connectivity index (χ0) is 12.3. The molecule has 17 heavy (non-hydrogen) atoms. The maximum atomic E-state index is 5.16. The minimum Gasteiger partial charge on any atom is -0.472 e. The van der Waals surface area contributed by atoms with E-state index in [2.05, 4.69) is 37.4 Å². The van der Waals surface area contributed by atoms with E-state index < -0.39 is 0 Å². The molecule has 1 aromatic carbocycles. The van der Waals surface area contributed by atoms with Crippen molar-refractivity contribution in [2.24, 2.45) is 0 Å². The molecule has 0 radical (unpaired) electrons. The van der Waals surface area contributed by atoms with Crippen LogP contribution in [0.15, 0.2) is 41.2 Å². The summed E-state index contributed by atoms with van der Waals surface area (Å²) in [7, 11) is 1.99. The molecular weight excluding hydrogens is 210 g/mol. The highest BCUT2D eigenvalue weighted by Gasteiger charge is 2.13. The van der Waals surface area contributed by atoms with Gasteiger partial charge in [0.05, 0.1) is 12.5 Å². The molecule has 1 heterocycles. The van der Waals surface area contributed by atoms with Crippen LogP contribution < -0.4 is 5.32 Å². The highest BCUT2D eigenvalue weighted by Crippen LogP contribution is 2.22. The number of benzene rings is 1. The van der Waals surface area contributed by atoms with Gasteiger partial charge in [-0.15, -0.1) is 0 Å². The van der Waals surface area contributed by atoms with Crippen LogP contribution >= 0.6 is 0 Å². The Kier molecular flexibility index (Phi) is 3.64. The summed E-state index contributed by atoms with van der Waals surface area (Å²) >= 11 is 0. The molecule has 0 aliphatic heterocycles. The van der Waals surface area contributed by atoms with Gasteiger partial charge in [0.2, 0.25) is 0 Å². The fourth-order valence-electron chi connectivity index (χ4n) is 2.23. The normalized spacial score (nSPS) is 12.6. The maximum Gasteiger partial charge on any atom is 0.0950 e. The molecule has 90 valence electrons. The number of hydrogen-bond acceptors (Lipinski definition) is 2. The van der Waals surface area contributed by atoms with Gasteiger partial charge in [0.1, 0.15) is 0 Å². The Balaban J connectivity index is 2.25. The first kappa shape index (κ1) is 11.9. The summed E-state index contributed by atoms with van der Waals surface area (Å²) in [6, 6.07) is 8.79. The molecule has 0 aliphatic carbocycles. The maximum absolute atomic E-state index is 5.16. The third-order valence-corrected chi connectivity index (χ3v) is 3.35. The van der Waals surface area contributed by atoms with Gasteiger partial charge in [-0.25, -0.2) is 0 Å². The number of likely N-dealkylation sites (N-methyl/N-ethyl adjacent to an activating group) is 1. The first-order valence-corrected chi connectivity index (χ1v) is 5.97. The molecule has 2 rings (SSSR count). The molecule has 0 amide bonds. The Bertz CT molecular complexity index is 453. The third-order valence-electron chi connectivity index (χ3n) is 3.35. The van der Waals surface area contributed by atoms with Gasteiger partial charge in [-0.1, -0.05) is 18.2 Å². The van der Waals surface area contributed by atoms with Gasteiger partial charge in [-0.2, -0.15) is 0 Å². The summed E-state index contributed by atoms with van der Waals surface area (Å²) < 4.78 is 5.16. The predicted molar refractivity (Wildman–Crippen MR) is 70.1 cm³/mol. The van der Waals surface area contributed by atoms with E-state index in [0.29, 0.717) is 6.04 Å². The molecule has 1 unspecified atom stereocenters. The van der Waals surface area contributed by atoms with Gasteiger partial charge >= 0.3 is 0 Å². The van der Waals surface area contributed by atoms with Crippen LogP contribution in [0.5, 0.6) is 0 Å². The van der Waals surface area contributed by atoms with Gasteiger partial charge in [0.15, 0.2) is 0 Å². The molecule has 0 aliphatic rings. The second kappa shape index (κ2) is 5.19. The SMILES string of the molecule is CNC(Cc1c(C)cccc1C)c1ccoc1. The van der Waals surface area contributed by atoms with Crippen molar-refractivity contribution in [3.05, 3.63) is 59.0 Å². The zero-order valence-corrected chi connectivity index (χ0v) is 10.7. The average molecular weight is 229 g/mol. The van der Waals surface area contributed by atoms with Crippen molar-refractivity contribution in [3.8, 4) is 0 Å². The summed E-state index contributed by atoms with van der Waals surface area (Å²) in [4.78, 5) is 0. The molecule has 1 aromatic heterocycles. The van der Waals surface area contributed by atoms with Crippen molar-refractivity contribution < 1.29 is 4.42 Å². The summed E-state index contributed by atoms with van der Waals surface area (Å²) in [5, 5.41) is 3.35. The lowest BCUT2D eigenvalue weighted by Gasteiger charge is -2.17. The van der Waals surface area contributed by atoms with Crippen LogP contribution in [0.1, 0.15) is 28.3 Å². The molecule has 2 aromatic rings. The Labute approximate surface area is 103 Å². The van der Waals surface area contributed by atoms with Crippen LogP contribution in [0, 0.1) is 13.8 Å². The smallest absolute Gasteiger partial charge is 0.0950 e. The van der Waals surface area contributed by atoms with E-state index in [1.54, 1.807) is 6.26 Å². The molecule has 2 heteroatoms. The largest absolute Gasteiger partial charge is 0.472 e. The Hall–Kier alpha value is -1.54. The predicted octanol–water partition coefficient (Wildman–Crippen LogP) is 3.40. The molecule has 1 atom stereocenters. The van der Waals surface area contributed by atoms with E-state index in [-0.39, 0.29) is 0 Å². The van der Waals surface area contributed by atoms with E-state index in [4.69, 9.17) is 4.42 Å². The van der Waals surface area contributed by atoms with Gasteiger partial charge in [0, 0.05) is 11.6 Å². The van der Waals surface area contributed by atoms with Crippen LogP contribution in [-0.2, 0) is 6.42 Å². The lowest BCUT2D eigenvalue weighted by molar-refractivity contribution is 0.541. The molecule has 0 fully saturated rings. The first-order valence-electron chi connectivity index (χ1n) is 5.97. The number of furan rings is 1. The number of hydrogen-bond donors (Lipinski definition) is 1. The van der Waals surface area contributed by atoms with Gasteiger partial charge in [0.25, 0.3) is 0 Å². The Morgan fingerprint density at radius 2 is 1.88 bits per heavy atom. The molecule has 0 saturated heterocycles. The fourth-order valence-corrected chi connectivity index (χ4v) is 2.23. The van der Waals surface area contributed by atoms with Crippen molar-refractivity contribution in [2.75, 3.05) is 7.05 Å². The lowest BCUT2D eigenvalue weighted by Crippen LogP contribution is -2.19. The van der Waals surface area contributed by atoms with E-state index in [0.717, 1.165) is 6.42 Å². The summed E-state index contributed by atoms with van der Waals surface area (Å²) in [6.07, 6.45) is 4.54. The standard InChI is InChI=1S/C15H19NO/c1-11-5-4-6-12(2)14(11)9-15(16-3)13-7-8-17-10-13/h4-8,10,15-16H,9H2,1-3H3. The van der Waals surface area contributed by atoms with Gasteiger partial charge in [-0.05, 0) is 50.1 Å². The first-order chi connectivity index (χ1) is 8.22. The van der Waals surface area contributed by atoms with Crippen molar-refractivity contribution in [3.63, 3.8) is 0 Å². The number of rotatable bonds is 4. The lowest BCUT2D eigenvalue weighted by atomic mass is 9.94. The van der Waals surface area contributed by atoms with Crippen LogP contribution in [0.2, 0.25) is 0 Å². The Morgan fingerprint density at radius 1 is 1.18 bits per heavy atom. The van der Waals surface area contributed by atoms with Crippen molar-refractivity contribution in [2.45, 2.75) is 26.3 Å². The molecule has 0 spiro atoms. The topological polar surface area (TPSA) is 25.2 Å². The second-order valence-electron chi connectivity index (χ2n) is 4.47. The van der Waals surface area contributed by atoms with Crippen molar-refractivity contribution >= 4 is 0 Å². The van der Waals surface area contributed by atoms with Crippen LogP contribution in [0.4, 0.5) is 0 Å². The monoisotopic (exact) mass is 229 g/mol. The number of nitrogens with one attached hydrogen (secondary N) is 1. The minimum absolute atomic E-state index is 0.313. The fraction of sp³-hybridized carbons (Fsp3) is 0.333. The van der Waals surface area contributed by atoms with Gasteiger partial charge < -0.3 is 9.73 Å². The van der Waals surface area contributed by atoms with Crippen LogP contribution in [0.25, 0.3) is 0 Å². The highest BCUT2D eigenvalue weighted by molar-refractivity contribution is 5.35.